The molecule has 0 bridgehead atoms. The van der Waals surface area contributed by atoms with E-state index in [4.69, 9.17) is 4.74 Å². The molecule has 0 heterocycles. The lowest BCUT2D eigenvalue weighted by atomic mass is 9.86. The summed E-state index contributed by atoms with van der Waals surface area (Å²) in [6.45, 7) is 12.1. The van der Waals surface area contributed by atoms with E-state index in [1.54, 1.807) is 12.1 Å². The predicted molar refractivity (Wildman–Crippen MR) is 177 cm³/mol. The number of hydrogen-bond acceptors (Lipinski definition) is 5. The summed E-state index contributed by atoms with van der Waals surface area (Å²) in [4.78, 5) is 2.52. The summed E-state index contributed by atoms with van der Waals surface area (Å²) >= 11 is 0. The van der Waals surface area contributed by atoms with Crippen LogP contribution in [0, 0.1) is 0 Å². The van der Waals surface area contributed by atoms with E-state index in [2.05, 4.69) is 80.4 Å². The maximum Gasteiger partial charge on any atom is 0.119 e. The summed E-state index contributed by atoms with van der Waals surface area (Å²) in [5, 5.41) is 24.0. The minimum atomic E-state index is 0.115. The van der Waals surface area contributed by atoms with Crippen molar-refractivity contribution in [2.75, 3.05) is 19.7 Å². The largest absolute Gasteiger partial charge is 0.508 e. The molecule has 5 heteroatoms. The van der Waals surface area contributed by atoms with Crippen LogP contribution >= 0.6 is 0 Å². The number of phenolic OH excluding ortho intramolecular Hbond substituents is 2. The number of aromatic hydroxyl groups is 2. The van der Waals surface area contributed by atoms with E-state index < -0.39 is 0 Å². The number of phenols is 2. The van der Waals surface area contributed by atoms with Crippen LogP contribution < -0.4 is 10.1 Å². The number of rotatable bonds is 16. The molecule has 0 saturated carbocycles. The van der Waals surface area contributed by atoms with E-state index >= 15 is 0 Å². The highest BCUT2D eigenvalue weighted by atomic mass is 16.5. The van der Waals surface area contributed by atoms with Crippen LogP contribution in [0.4, 0.5) is 0 Å². The Hall–Kier alpha value is -3.80. The first kappa shape index (κ1) is 32.1. The molecule has 0 fully saturated rings. The fraction of sp³-hybridized carbons (Fsp3) is 0.368. The Labute approximate surface area is 258 Å². The second-order valence-corrected chi connectivity index (χ2v) is 11.9. The zero-order chi connectivity index (χ0) is 30.6. The molecule has 4 aromatic rings. The topological polar surface area (TPSA) is 65.0 Å². The lowest BCUT2D eigenvalue weighted by Crippen LogP contribution is -2.38. The average Bonchev–Trinajstić information content (AvgIpc) is 2.99. The minimum Gasteiger partial charge on any atom is -0.508 e. The van der Waals surface area contributed by atoms with Crippen molar-refractivity contribution in [2.24, 2.45) is 0 Å². The molecular weight excluding hydrogens is 532 g/mol. The van der Waals surface area contributed by atoms with Crippen molar-refractivity contribution in [1.82, 2.24) is 10.2 Å². The number of nitrogens with one attached hydrogen (secondary N) is 1. The van der Waals surface area contributed by atoms with Crippen LogP contribution in [0.3, 0.4) is 0 Å². The van der Waals surface area contributed by atoms with Crippen molar-refractivity contribution in [3.63, 3.8) is 0 Å². The van der Waals surface area contributed by atoms with Crippen molar-refractivity contribution in [1.29, 1.82) is 0 Å². The average molecular weight is 581 g/mol. The van der Waals surface area contributed by atoms with Gasteiger partial charge >= 0.3 is 0 Å². The molecular formula is C38H48N2O3. The maximum atomic E-state index is 11.0. The summed E-state index contributed by atoms with van der Waals surface area (Å²) in [7, 11) is 0. The van der Waals surface area contributed by atoms with Gasteiger partial charge in [-0.2, -0.15) is 0 Å². The van der Waals surface area contributed by atoms with Gasteiger partial charge in [0.2, 0.25) is 0 Å². The van der Waals surface area contributed by atoms with Gasteiger partial charge < -0.3 is 20.3 Å². The van der Waals surface area contributed by atoms with E-state index in [9.17, 15) is 10.2 Å². The van der Waals surface area contributed by atoms with Crippen LogP contribution in [0.25, 0.3) is 0 Å². The second-order valence-electron chi connectivity index (χ2n) is 11.9. The number of benzene rings is 4. The molecule has 0 radical (unpaired) electrons. The smallest absolute Gasteiger partial charge is 0.119 e. The fourth-order valence-corrected chi connectivity index (χ4v) is 5.79. The number of ether oxygens (including phenoxy) is 1. The van der Waals surface area contributed by atoms with Gasteiger partial charge in [0.05, 0.1) is 6.61 Å². The third kappa shape index (κ3) is 9.87. The molecule has 43 heavy (non-hydrogen) atoms. The van der Waals surface area contributed by atoms with E-state index in [-0.39, 0.29) is 5.92 Å². The SMILES string of the molecule is CC(C)N(CC[C@H](c1ccccc1)c1cc(CCOc2ccc(CCNCc3cccc(O)c3)cc2)ccc1O)C(C)C. The molecule has 3 N–H and O–H groups in total. The molecule has 0 amide bonds. The zero-order valence-corrected chi connectivity index (χ0v) is 26.2. The molecule has 0 aliphatic carbocycles. The Kier molecular flexibility index (Phi) is 12.1. The molecule has 1 atom stereocenters. The van der Waals surface area contributed by atoms with Gasteiger partial charge in [0.25, 0.3) is 0 Å². The van der Waals surface area contributed by atoms with Gasteiger partial charge in [-0.3, -0.25) is 4.90 Å². The van der Waals surface area contributed by atoms with Crippen molar-refractivity contribution in [3.05, 3.63) is 125 Å². The first-order valence-electron chi connectivity index (χ1n) is 15.6. The van der Waals surface area contributed by atoms with Gasteiger partial charge in [0.1, 0.15) is 17.2 Å². The van der Waals surface area contributed by atoms with Gasteiger partial charge in [0.15, 0.2) is 0 Å². The highest BCUT2D eigenvalue weighted by Gasteiger charge is 2.21. The quantitative estimate of drug-likeness (QED) is 0.119. The maximum absolute atomic E-state index is 11.0. The van der Waals surface area contributed by atoms with Gasteiger partial charge in [-0.1, -0.05) is 66.7 Å². The summed E-state index contributed by atoms with van der Waals surface area (Å²) < 4.78 is 6.10. The predicted octanol–water partition coefficient (Wildman–Crippen LogP) is 7.69. The molecule has 5 nitrogen and oxygen atoms in total. The molecule has 0 aliphatic heterocycles. The van der Waals surface area contributed by atoms with E-state index in [0.717, 1.165) is 61.3 Å². The molecule has 0 aliphatic rings. The first-order valence-corrected chi connectivity index (χ1v) is 15.6. The third-order valence-corrected chi connectivity index (χ3v) is 8.08. The van der Waals surface area contributed by atoms with Gasteiger partial charge in [-0.05, 0) is 106 Å². The minimum absolute atomic E-state index is 0.115. The third-order valence-electron chi connectivity index (χ3n) is 8.08. The molecule has 4 rings (SSSR count). The van der Waals surface area contributed by atoms with Crippen LogP contribution in [-0.2, 0) is 19.4 Å². The molecule has 4 aromatic carbocycles. The molecule has 0 spiro atoms. The van der Waals surface area contributed by atoms with Crippen molar-refractivity contribution < 1.29 is 14.9 Å². The van der Waals surface area contributed by atoms with E-state index in [1.807, 2.05) is 42.5 Å². The Morgan fingerprint density at radius 3 is 2.14 bits per heavy atom. The van der Waals surface area contributed by atoms with Crippen LogP contribution in [0.1, 0.15) is 67.9 Å². The standard InChI is InChI=1S/C38H48N2O3/c1-28(2)40(29(3)4)23-20-36(33-10-6-5-7-11-33)37-26-31(15-18-38(37)42)21-24-43-35-16-13-30(14-17-35)19-22-39-27-32-9-8-12-34(41)25-32/h5-18,25-26,28-29,36,39,41-42H,19-24,27H2,1-4H3/t36-/m1/s1. The lowest BCUT2D eigenvalue weighted by molar-refractivity contribution is 0.170. The van der Waals surface area contributed by atoms with Crippen molar-refractivity contribution >= 4 is 0 Å². The summed E-state index contributed by atoms with van der Waals surface area (Å²) in [6.07, 6.45) is 2.62. The second kappa shape index (κ2) is 16.2. The Morgan fingerprint density at radius 2 is 1.44 bits per heavy atom. The van der Waals surface area contributed by atoms with Crippen LogP contribution in [0.15, 0.2) is 97.1 Å². The summed E-state index contributed by atoms with van der Waals surface area (Å²) in [5.41, 5.74) is 5.70. The molecule has 0 aromatic heterocycles. The Morgan fingerprint density at radius 1 is 0.721 bits per heavy atom. The first-order chi connectivity index (χ1) is 20.8. The van der Waals surface area contributed by atoms with Crippen LogP contribution in [0.2, 0.25) is 0 Å². The van der Waals surface area contributed by atoms with E-state index in [0.29, 0.717) is 30.2 Å². The van der Waals surface area contributed by atoms with Gasteiger partial charge in [0, 0.05) is 36.5 Å². The monoisotopic (exact) mass is 580 g/mol. The van der Waals surface area contributed by atoms with Crippen molar-refractivity contribution in [3.8, 4) is 17.2 Å². The van der Waals surface area contributed by atoms with Crippen LogP contribution in [-0.4, -0.2) is 46.9 Å². The van der Waals surface area contributed by atoms with E-state index in [1.165, 1.54) is 11.1 Å². The zero-order valence-electron chi connectivity index (χ0n) is 26.2. The summed E-state index contributed by atoms with van der Waals surface area (Å²) in [5.74, 6) is 1.63. The molecule has 228 valence electrons. The highest BCUT2D eigenvalue weighted by molar-refractivity contribution is 5.44. The number of nitrogens with zero attached hydrogens (tertiary/aromatic N) is 1. The van der Waals surface area contributed by atoms with Gasteiger partial charge in [-0.15, -0.1) is 0 Å². The van der Waals surface area contributed by atoms with Gasteiger partial charge in [-0.25, -0.2) is 0 Å². The number of hydrogen-bond donors (Lipinski definition) is 3. The normalized spacial score (nSPS) is 12.3. The Balaban J connectivity index is 1.32. The Bertz CT molecular complexity index is 1380. The molecule has 0 saturated heterocycles. The van der Waals surface area contributed by atoms with Crippen LogP contribution in [0.5, 0.6) is 17.2 Å². The summed E-state index contributed by atoms with van der Waals surface area (Å²) in [6, 6.07) is 33.1. The highest BCUT2D eigenvalue weighted by Crippen LogP contribution is 2.35. The van der Waals surface area contributed by atoms with Crippen molar-refractivity contribution in [2.45, 2.75) is 71.5 Å². The molecule has 0 unspecified atom stereocenters. The lowest BCUT2D eigenvalue weighted by Gasteiger charge is -2.32. The fourth-order valence-electron chi connectivity index (χ4n) is 5.79.